The van der Waals surface area contributed by atoms with Gasteiger partial charge in [0, 0.05) is 16.7 Å². The zero-order valence-electron chi connectivity index (χ0n) is 11.6. The molecule has 102 valence electrons. The fraction of sp³-hybridized carbons (Fsp3) is 0.188. The summed E-state index contributed by atoms with van der Waals surface area (Å²) in [6.45, 7) is 4.23. The van der Waals surface area contributed by atoms with Crippen molar-refractivity contribution in [2.24, 2.45) is 10.7 Å². The molecule has 0 spiro atoms. The number of aromatic hydroxyl groups is 1. The van der Waals surface area contributed by atoms with E-state index in [0.717, 1.165) is 33.4 Å². The summed E-state index contributed by atoms with van der Waals surface area (Å²) in [7, 11) is 0. The summed E-state index contributed by atoms with van der Waals surface area (Å²) in [5.41, 5.74) is 10.4. The summed E-state index contributed by atoms with van der Waals surface area (Å²) in [5.74, 6) is 0.189. The molecule has 4 nitrogen and oxygen atoms in total. The van der Waals surface area contributed by atoms with Crippen LogP contribution in [0.15, 0.2) is 46.6 Å². The largest absolute Gasteiger partial charge is 0.494 e. The molecule has 0 radical (unpaired) electrons. The lowest BCUT2D eigenvalue weighted by Gasteiger charge is -2.01. The van der Waals surface area contributed by atoms with Crippen LogP contribution in [0.1, 0.15) is 19.4 Å². The number of hydrogen-bond acceptors (Lipinski definition) is 3. The maximum absolute atomic E-state index is 10.4. The van der Waals surface area contributed by atoms with Gasteiger partial charge in [0.1, 0.15) is 0 Å². The third-order valence-electron chi connectivity index (χ3n) is 3.57. The van der Waals surface area contributed by atoms with Crippen LogP contribution in [0.3, 0.4) is 0 Å². The van der Waals surface area contributed by atoms with Crippen molar-refractivity contribution in [1.29, 1.82) is 0 Å². The monoisotopic (exact) mass is 267 g/mol. The average Bonchev–Trinajstić information content (AvgIpc) is 2.88. The Balaban J connectivity index is 2.25. The zero-order chi connectivity index (χ0) is 14.3. The van der Waals surface area contributed by atoms with Crippen LogP contribution in [0.4, 0.5) is 0 Å². The van der Waals surface area contributed by atoms with Crippen molar-refractivity contribution in [1.82, 2.24) is 4.57 Å². The lowest BCUT2D eigenvalue weighted by Crippen LogP contribution is -2.05. The lowest BCUT2D eigenvalue weighted by molar-refractivity contribution is 0.422. The molecular weight excluding hydrogens is 250 g/mol. The van der Waals surface area contributed by atoms with Gasteiger partial charge in [-0.15, -0.1) is 0 Å². The molecule has 0 aliphatic carbocycles. The van der Waals surface area contributed by atoms with Crippen molar-refractivity contribution < 1.29 is 5.11 Å². The average molecular weight is 267 g/mol. The number of rotatable bonds is 2. The number of benzene rings is 1. The van der Waals surface area contributed by atoms with Gasteiger partial charge in [-0.2, -0.15) is 0 Å². The molecular formula is C16H17N3O. The van der Waals surface area contributed by atoms with Crippen LogP contribution in [0.5, 0.6) is 5.88 Å². The van der Waals surface area contributed by atoms with Gasteiger partial charge in [0.25, 0.3) is 0 Å². The quantitative estimate of drug-likeness (QED) is 0.878. The summed E-state index contributed by atoms with van der Waals surface area (Å²) in [5, 5.41) is 11.4. The first kappa shape index (κ1) is 12.7. The molecule has 1 aromatic carbocycles. The maximum atomic E-state index is 10.4. The second kappa shape index (κ2) is 4.65. The summed E-state index contributed by atoms with van der Waals surface area (Å²) in [4.78, 5) is 4.48. The van der Waals surface area contributed by atoms with Crippen molar-refractivity contribution in [2.75, 3.05) is 0 Å². The number of allylic oxidation sites excluding steroid dienone is 2. The van der Waals surface area contributed by atoms with Crippen molar-refractivity contribution in [3.63, 3.8) is 0 Å². The fourth-order valence-electron chi connectivity index (χ4n) is 2.62. The smallest absolute Gasteiger partial charge is 0.200 e. The van der Waals surface area contributed by atoms with Crippen LogP contribution in [-0.2, 0) is 6.67 Å². The number of hydrogen-bond donors (Lipinski definition) is 2. The predicted molar refractivity (Wildman–Crippen MR) is 82.6 cm³/mol. The number of fused-ring (bicyclic) bond motifs is 1. The molecule has 0 atom stereocenters. The van der Waals surface area contributed by atoms with Gasteiger partial charge in [-0.3, -0.25) is 9.56 Å². The Morgan fingerprint density at radius 2 is 2.05 bits per heavy atom. The highest BCUT2D eigenvalue weighted by Crippen LogP contribution is 2.34. The SMILES string of the molecule is CC1=CC(C)=NC1=Cc1c(O)n(CN)c2ccccc12. The first-order valence-electron chi connectivity index (χ1n) is 6.57. The topological polar surface area (TPSA) is 63.5 Å². The normalized spacial score (nSPS) is 16.9. The Morgan fingerprint density at radius 1 is 1.30 bits per heavy atom. The van der Waals surface area contributed by atoms with E-state index in [1.54, 1.807) is 4.57 Å². The molecule has 20 heavy (non-hydrogen) atoms. The summed E-state index contributed by atoms with van der Waals surface area (Å²) in [6.07, 6.45) is 3.96. The highest BCUT2D eigenvalue weighted by Gasteiger charge is 2.16. The summed E-state index contributed by atoms with van der Waals surface area (Å²) in [6, 6.07) is 7.83. The van der Waals surface area contributed by atoms with E-state index in [1.807, 2.05) is 50.3 Å². The van der Waals surface area contributed by atoms with Crippen molar-refractivity contribution in [2.45, 2.75) is 20.5 Å². The predicted octanol–water partition coefficient (Wildman–Crippen LogP) is 3.02. The molecule has 0 fully saturated rings. The third-order valence-corrected chi connectivity index (χ3v) is 3.57. The molecule has 0 saturated carbocycles. The van der Waals surface area contributed by atoms with Crippen molar-refractivity contribution >= 4 is 22.7 Å². The third kappa shape index (κ3) is 1.85. The lowest BCUT2D eigenvalue weighted by atomic mass is 10.1. The first-order valence-corrected chi connectivity index (χ1v) is 6.57. The molecule has 4 heteroatoms. The molecule has 1 aliphatic rings. The highest BCUT2D eigenvalue weighted by atomic mass is 16.3. The number of aromatic nitrogens is 1. The van der Waals surface area contributed by atoms with Gasteiger partial charge in [-0.05, 0) is 37.6 Å². The Bertz CT molecular complexity index is 778. The highest BCUT2D eigenvalue weighted by molar-refractivity contribution is 6.00. The molecule has 1 aliphatic heterocycles. The van der Waals surface area contributed by atoms with E-state index in [-0.39, 0.29) is 12.5 Å². The van der Waals surface area contributed by atoms with Gasteiger partial charge in [0.05, 0.1) is 17.9 Å². The number of aliphatic imine (C=N–C) groups is 1. The first-order chi connectivity index (χ1) is 9.61. The molecule has 0 amide bonds. The molecule has 2 aromatic rings. The minimum atomic E-state index is 0.189. The molecule has 3 N–H and O–H groups in total. The van der Waals surface area contributed by atoms with E-state index in [0.29, 0.717) is 0 Å². The van der Waals surface area contributed by atoms with E-state index in [4.69, 9.17) is 5.73 Å². The Labute approximate surface area is 117 Å². The van der Waals surface area contributed by atoms with Crippen LogP contribution in [-0.4, -0.2) is 15.4 Å². The van der Waals surface area contributed by atoms with Gasteiger partial charge in [0.2, 0.25) is 5.88 Å². The van der Waals surface area contributed by atoms with Crippen LogP contribution in [0.2, 0.25) is 0 Å². The second-order valence-corrected chi connectivity index (χ2v) is 4.98. The number of nitrogens with two attached hydrogens (primary N) is 1. The number of para-hydroxylation sites is 1. The van der Waals surface area contributed by atoms with Crippen molar-refractivity contribution in [3.05, 3.63) is 47.2 Å². The fourth-order valence-corrected chi connectivity index (χ4v) is 2.62. The van der Waals surface area contributed by atoms with Gasteiger partial charge < -0.3 is 10.8 Å². The zero-order valence-corrected chi connectivity index (χ0v) is 11.6. The van der Waals surface area contributed by atoms with Gasteiger partial charge >= 0.3 is 0 Å². The molecule has 3 rings (SSSR count). The van der Waals surface area contributed by atoms with Crippen molar-refractivity contribution in [3.8, 4) is 5.88 Å². The van der Waals surface area contributed by atoms with E-state index in [1.165, 1.54) is 0 Å². The molecule has 0 bridgehead atoms. The van der Waals surface area contributed by atoms with E-state index in [9.17, 15) is 5.11 Å². The van der Waals surface area contributed by atoms with Gasteiger partial charge in [-0.1, -0.05) is 18.2 Å². The maximum Gasteiger partial charge on any atom is 0.200 e. The molecule has 1 aromatic heterocycles. The van der Waals surface area contributed by atoms with Crippen LogP contribution >= 0.6 is 0 Å². The van der Waals surface area contributed by atoms with Gasteiger partial charge in [0.15, 0.2) is 0 Å². The minimum Gasteiger partial charge on any atom is -0.494 e. The Hall–Kier alpha value is -2.33. The van der Waals surface area contributed by atoms with Crippen LogP contribution in [0, 0.1) is 0 Å². The summed E-state index contributed by atoms with van der Waals surface area (Å²) >= 11 is 0. The Kier molecular flexibility index (Phi) is 2.95. The minimum absolute atomic E-state index is 0.189. The Morgan fingerprint density at radius 3 is 2.70 bits per heavy atom. The molecule has 0 saturated heterocycles. The van der Waals surface area contributed by atoms with E-state index in [2.05, 4.69) is 4.99 Å². The second-order valence-electron chi connectivity index (χ2n) is 4.98. The van der Waals surface area contributed by atoms with Crippen LogP contribution < -0.4 is 5.73 Å². The van der Waals surface area contributed by atoms with Crippen LogP contribution in [0.25, 0.3) is 17.0 Å². The molecule has 2 heterocycles. The van der Waals surface area contributed by atoms with E-state index < -0.39 is 0 Å². The standard InChI is InChI=1S/C16H17N3O/c1-10-7-11(2)18-14(10)8-13-12-5-3-4-6-15(12)19(9-17)16(13)20/h3-8,20H,9,17H2,1-2H3. The van der Waals surface area contributed by atoms with E-state index >= 15 is 0 Å². The van der Waals surface area contributed by atoms with Gasteiger partial charge in [-0.25, -0.2) is 0 Å². The molecule has 0 unspecified atom stereocenters. The number of nitrogens with zero attached hydrogens (tertiary/aromatic N) is 2. The summed E-state index contributed by atoms with van der Waals surface area (Å²) < 4.78 is 1.70.